The Balaban J connectivity index is 4.87. The number of hydrogen-bond acceptors (Lipinski definition) is 6. The van der Waals surface area contributed by atoms with E-state index in [4.69, 9.17) is 19.0 Å². The number of imide groups is 1. The molecule has 0 radical (unpaired) electrons. The number of carbonyl (C=O) groups is 2. The zero-order valence-electron chi connectivity index (χ0n) is 16.7. The van der Waals surface area contributed by atoms with E-state index in [1.54, 1.807) is 0 Å². The van der Waals surface area contributed by atoms with E-state index in [1.165, 1.54) is 11.8 Å². The van der Waals surface area contributed by atoms with Gasteiger partial charge in [-0.2, -0.15) is 0 Å². The predicted molar refractivity (Wildman–Crippen MR) is 99.9 cm³/mol. The summed E-state index contributed by atoms with van der Waals surface area (Å²) >= 11 is 0. The van der Waals surface area contributed by atoms with E-state index in [1.807, 2.05) is 34.6 Å². The molecular formula is C17H36N2O5Si. The highest BCUT2D eigenvalue weighted by Crippen LogP contribution is 2.19. The van der Waals surface area contributed by atoms with Crippen molar-refractivity contribution in [2.45, 2.75) is 66.5 Å². The van der Waals surface area contributed by atoms with Crippen molar-refractivity contribution < 1.29 is 22.9 Å². The van der Waals surface area contributed by atoms with Crippen molar-refractivity contribution in [2.24, 2.45) is 11.7 Å². The monoisotopic (exact) mass is 376 g/mol. The maximum atomic E-state index is 12.5. The average Bonchev–Trinajstić information content (AvgIpc) is 2.50. The lowest BCUT2D eigenvalue weighted by molar-refractivity contribution is -0.144. The fourth-order valence-electron chi connectivity index (χ4n) is 2.69. The van der Waals surface area contributed by atoms with Gasteiger partial charge >= 0.3 is 8.80 Å². The van der Waals surface area contributed by atoms with Crippen molar-refractivity contribution in [1.82, 2.24) is 4.90 Å². The standard InChI is InChI=1S/C17H36N2O5Si/c1-7-22-25(23-8-2,24-9-3)12-10-11-19(15(6)20)17(21)16(18)13-14(4)5/h14,16H,7-13,18H2,1-6H3/t16-/m0/s1. The lowest BCUT2D eigenvalue weighted by Gasteiger charge is -2.29. The van der Waals surface area contributed by atoms with Gasteiger partial charge in [0.1, 0.15) is 0 Å². The molecule has 0 rings (SSSR count). The molecule has 0 aromatic carbocycles. The van der Waals surface area contributed by atoms with Gasteiger partial charge in [0, 0.05) is 39.3 Å². The zero-order valence-corrected chi connectivity index (χ0v) is 17.7. The Morgan fingerprint density at radius 2 is 1.52 bits per heavy atom. The molecule has 0 spiro atoms. The zero-order chi connectivity index (χ0) is 19.5. The molecule has 2 amide bonds. The minimum Gasteiger partial charge on any atom is -0.374 e. The first-order valence-corrected chi connectivity index (χ1v) is 11.2. The lowest BCUT2D eigenvalue weighted by atomic mass is 10.0. The quantitative estimate of drug-likeness (QED) is 0.495. The largest absolute Gasteiger partial charge is 0.500 e. The number of hydrogen-bond donors (Lipinski definition) is 1. The topological polar surface area (TPSA) is 91.1 Å². The number of amides is 2. The predicted octanol–water partition coefficient (Wildman–Crippen LogP) is 2.17. The van der Waals surface area contributed by atoms with Gasteiger partial charge in [-0.1, -0.05) is 13.8 Å². The molecule has 0 aliphatic rings. The number of nitrogens with zero attached hydrogens (tertiary/aromatic N) is 1. The lowest BCUT2D eigenvalue weighted by Crippen LogP contribution is -2.49. The van der Waals surface area contributed by atoms with E-state index < -0.39 is 14.8 Å². The van der Waals surface area contributed by atoms with Crippen LogP contribution < -0.4 is 5.73 Å². The Kier molecular flexibility index (Phi) is 12.1. The molecule has 1 atom stereocenters. The molecule has 2 N–H and O–H groups in total. The first-order valence-electron chi connectivity index (χ1n) is 9.22. The molecule has 0 aromatic heterocycles. The van der Waals surface area contributed by atoms with Gasteiger partial charge in [0.2, 0.25) is 11.8 Å². The molecule has 0 aliphatic heterocycles. The van der Waals surface area contributed by atoms with Crippen LogP contribution in [0.1, 0.15) is 54.4 Å². The van der Waals surface area contributed by atoms with Crippen LogP contribution in [0, 0.1) is 5.92 Å². The summed E-state index contributed by atoms with van der Waals surface area (Å²) in [4.78, 5) is 25.6. The van der Waals surface area contributed by atoms with Crippen LogP contribution in [0.3, 0.4) is 0 Å². The molecule has 0 aliphatic carbocycles. The fourth-order valence-corrected chi connectivity index (χ4v) is 5.28. The summed E-state index contributed by atoms with van der Waals surface area (Å²) < 4.78 is 17.4. The van der Waals surface area contributed by atoms with Gasteiger partial charge in [0.15, 0.2) is 0 Å². The van der Waals surface area contributed by atoms with Crippen LogP contribution in [-0.2, 0) is 22.9 Å². The molecular weight excluding hydrogens is 340 g/mol. The summed E-state index contributed by atoms with van der Waals surface area (Å²) in [5, 5.41) is 0. The minimum absolute atomic E-state index is 0.291. The molecule has 0 aromatic rings. The molecule has 0 bridgehead atoms. The van der Waals surface area contributed by atoms with Crippen molar-refractivity contribution in [1.29, 1.82) is 0 Å². The number of nitrogens with two attached hydrogens (primary N) is 1. The molecule has 148 valence electrons. The highest BCUT2D eigenvalue weighted by atomic mass is 28.4. The van der Waals surface area contributed by atoms with Crippen molar-refractivity contribution in [3.63, 3.8) is 0 Å². The van der Waals surface area contributed by atoms with E-state index in [2.05, 4.69) is 0 Å². The first-order chi connectivity index (χ1) is 11.7. The summed E-state index contributed by atoms with van der Waals surface area (Å²) in [6.07, 6.45) is 1.12. The van der Waals surface area contributed by atoms with E-state index in [0.717, 1.165) is 0 Å². The third-order valence-electron chi connectivity index (χ3n) is 3.65. The van der Waals surface area contributed by atoms with Gasteiger partial charge in [-0.25, -0.2) is 0 Å². The molecule has 8 heteroatoms. The third-order valence-corrected chi connectivity index (χ3v) is 6.80. The van der Waals surface area contributed by atoms with Crippen LogP contribution in [0.2, 0.25) is 6.04 Å². The normalized spacial score (nSPS) is 13.1. The highest BCUT2D eigenvalue weighted by Gasteiger charge is 2.40. The Bertz CT molecular complexity index is 389. The minimum atomic E-state index is -2.77. The molecule has 0 saturated heterocycles. The van der Waals surface area contributed by atoms with Gasteiger partial charge in [-0.15, -0.1) is 0 Å². The van der Waals surface area contributed by atoms with Crippen molar-refractivity contribution >= 4 is 20.6 Å². The van der Waals surface area contributed by atoms with E-state index in [-0.39, 0.29) is 11.8 Å². The molecule has 25 heavy (non-hydrogen) atoms. The van der Waals surface area contributed by atoms with Crippen LogP contribution >= 0.6 is 0 Å². The van der Waals surface area contributed by atoms with Crippen LogP contribution in [0.4, 0.5) is 0 Å². The summed E-state index contributed by atoms with van der Waals surface area (Å²) in [5.74, 6) is -0.319. The van der Waals surface area contributed by atoms with E-state index in [9.17, 15) is 9.59 Å². The smallest absolute Gasteiger partial charge is 0.374 e. The van der Waals surface area contributed by atoms with E-state index in [0.29, 0.717) is 51.2 Å². The summed E-state index contributed by atoms with van der Waals surface area (Å²) in [6, 6.07) is -0.101. The van der Waals surface area contributed by atoms with Crippen molar-refractivity contribution in [3.8, 4) is 0 Å². The number of carbonyl (C=O) groups excluding carboxylic acids is 2. The van der Waals surface area contributed by atoms with Crippen LogP contribution in [-0.4, -0.2) is 57.9 Å². The van der Waals surface area contributed by atoms with Crippen molar-refractivity contribution in [3.05, 3.63) is 0 Å². The molecule has 0 unspecified atom stereocenters. The number of rotatable bonds is 13. The molecule has 0 saturated carbocycles. The second-order valence-electron chi connectivity index (χ2n) is 6.33. The van der Waals surface area contributed by atoms with Crippen molar-refractivity contribution in [2.75, 3.05) is 26.4 Å². The Morgan fingerprint density at radius 1 is 1.04 bits per heavy atom. The fraction of sp³-hybridized carbons (Fsp3) is 0.882. The summed E-state index contributed by atoms with van der Waals surface area (Å²) in [6.45, 7) is 12.9. The Labute approximate surface area is 153 Å². The maximum Gasteiger partial charge on any atom is 0.500 e. The maximum absolute atomic E-state index is 12.5. The average molecular weight is 377 g/mol. The van der Waals surface area contributed by atoms with Gasteiger partial charge < -0.3 is 19.0 Å². The summed E-state index contributed by atoms with van der Waals surface area (Å²) in [5.41, 5.74) is 5.95. The first kappa shape index (κ1) is 24.2. The molecule has 7 nitrogen and oxygen atoms in total. The van der Waals surface area contributed by atoms with Crippen LogP contribution in [0.5, 0.6) is 0 Å². The second kappa shape index (κ2) is 12.5. The van der Waals surface area contributed by atoms with Crippen LogP contribution in [0.15, 0.2) is 0 Å². The SMILES string of the molecule is CCO[Si](CCCN(C(C)=O)C(=O)[C@@H](N)CC(C)C)(OCC)OCC. The Hall–Kier alpha value is -0.803. The Morgan fingerprint density at radius 3 is 1.88 bits per heavy atom. The van der Waals surface area contributed by atoms with Crippen LogP contribution in [0.25, 0.3) is 0 Å². The molecule has 0 heterocycles. The molecule has 0 fully saturated rings. The van der Waals surface area contributed by atoms with Gasteiger partial charge in [-0.3, -0.25) is 14.5 Å². The second-order valence-corrected chi connectivity index (χ2v) is 9.06. The third kappa shape index (κ3) is 8.91. The van der Waals surface area contributed by atoms with Gasteiger partial charge in [0.25, 0.3) is 0 Å². The van der Waals surface area contributed by atoms with Gasteiger partial charge in [0.05, 0.1) is 6.04 Å². The van der Waals surface area contributed by atoms with E-state index >= 15 is 0 Å². The summed E-state index contributed by atoms with van der Waals surface area (Å²) in [7, 11) is -2.77. The highest BCUT2D eigenvalue weighted by molar-refractivity contribution is 6.60. The van der Waals surface area contributed by atoms with Gasteiger partial charge in [-0.05, 0) is 39.5 Å².